The Morgan fingerprint density at radius 2 is 2.29 bits per heavy atom. The minimum atomic E-state index is -0.356. The third-order valence-electron chi connectivity index (χ3n) is 4.70. The van der Waals surface area contributed by atoms with Gasteiger partial charge in [0.05, 0.1) is 18.1 Å². The fourth-order valence-electron chi connectivity index (χ4n) is 3.40. The van der Waals surface area contributed by atoms with Crippen LogP contribution in [0.1, 0.15) is 32.1 Å². The average Bonchev–Trinajstić information content (AvgIpc) is 2.46. The number of nitrogens with zero attached hydrogens (tertiary/aromatic N) is 1. The molecule has 1 aromatic carbocycles. The number of ether oxygens (including phenoxy) is 1. The molecule has 1 aliphatic heterocycles. The Bertz CT molecular complexity index is 543. The van der Waals surface area contributed by atoms with Gasteiger partial charge in [0.15, 0.2) is 0 Å². The molecule has 1 saturated heterocycles. The lowest BCUT2D eigenvalue weighted by atomic mass is 9.70. The number of piperidine rings is 1. The van der Waals surface area contributed by atoms with E-state index in [1.165, 1.54) is 32.4 Å². The summed E-state index contributed by atoms with van der Waals surface area (Å²) in [4.78, 5) is 10.9. The van der Waals surface area contributed by atoms with Crippen molar-refractivity contribution in [1.82, 2.24) is 5.32 Å². The van der Waals surface area contributed by atoms with Gasteiger partial charge in [0.1, 0.15) is 11.4 Å². The molecule has 0 amide bonds. The van der Waals surface area contributed by atoms with Gasteiger partial charge in [-0.3, -0.25) is 10.1 Å². The molecule has 1 unspecified atom stereocenters. The first-order chi connectivity index (χ1) is 10.1. The molecular weight excluding hydrogens is 270 g/mol. The van der Waals surface area contributed by atoms with Crippen molar-refractivity contribution in [1.29, 1.82) is 0 Å². The molecule has 2 aliphatic rings. The van der Waals surface area contributed by atoms with Crippen LogP contribution in [0.4, 0.5) is 11.4 Å². The highest BCUT2D eigenvalue weighted by Gasteiger charge is 2.41. The monoisotopic (exact) mass is 291 g/mol. The highest BCUT2D eigenvalue weighted by molar-refractivity contribution is 5.64. The summed E-state index contributed by atoms with van der Waals surface area (Å²) < 4.78 is 5.07. The Kier molecular flexibility index (Phi) is 3.71. The lowest BCUT2D eigenvalue weighted by Gasteiger charge is -2.48. The second-order valence-corrected chi connectivity index (χ2v) is 6.03. The number of rotatable bonds is 4. The van der Waals surface area contributed by atoms with Crippen LogP contribution < -0.4 is 15.4 Å². The molecule has 1 heterocycles. The van der Waals surface area contributed by atoms with Gasteiger partial charge in [-0.05, 0) is 50.8 Å². The van der Waals surface area contributed by atoms with Gasteiger partial charge in [0.25, 0.3) is 5.69 Å². The van der Waals surface area contributed by atoms with E-state index < -0.39 is 0 Å². The molecule has 114 valence electrons. The van der Waals surface area contributed by atoms with E-state index in [0.29, 0.717) is 17.5 Å². The van der Waals surface area contributed by atoms with Crippen molar-refractivity contribution < 1.29 is 9.66 Å². The Hall–Kier alpha value is -1.82. The van der Waals surface area contributed by atoms with E-state index in [1.807, 2.05) is 0 Å². The van der Waals surface area contributed by atoms with Crippen molar-refractivity contribution >= 4 is 11.4 Å². The quantitative estimate of drug-likeness (QED) is 0.659. The first kappa shape index (κ1) is 14.1. The first-order valence-electron chi connectivity index (χ1n) is 7.46. The summed E-state index contributed by atoms with van der Waals surface area (Å²) in [6, 6.07) is 5.27. The standard InChI is InChI=1S/C15H21N3O3/c1-21-12-3-4-13(14(9-12)18(19)20)17-11-5-8-16-15(10-11)6-2-7-15/h3-4,9,11,16-17H,2,5-8,10H2,1H3. The van der Waals surface area contributed by atoms with E-state index in [2.05, 4.69) is 10.6 Å². The van der Waals surface area contributed by atoms with Gasteiger partial charge < -0.3 is 15.4 Å². The third kappa shape index (κ3) is 2.81. The smallest absolute Gasteiger partial charge is 0.296 e. The highest BCUT2D eigenvalue weighted by Crippen LogP contribution is 2.39. The summed E-state index contributed by atoms with van der Waals surface area (Å²) in [6.07, 6.45) is 5.75. The predicted octanol–water partition coefficient (Wildman–Crippen LogP) is 2.69. The Morgan fingerprint density at radius 1 is 1.48 bits per heavy atom. The molecule has 2 N–H and O–H groups in total. The maximum Gasteiger partial charge on any atom is 0.296 e. The van der Waals surface area contributed by atoms with Gasteiger partial charge >= 0.3 is 0 Å². The fraction of sp³-hybridized carbons (Fsp3) is 0.600. The number of hydrogen-bond donors (Lipinski definition) is 2. The van der Waals surface area contributed by atoms with Crippen LogP contribution in [0.5, 0.6) is 5.75 Å². The minimum Gasteiger partial charge on any atom is -0.496 e. The maximum absolute atomic E-state index is 11.2. The lowest BCUT2D eigenvalue weighted by molar-refractivity contribution is -0.384. The summed E-state index contributed by atoms with van der Waals surface area (Å²) in [5.74, 6) is 0.507. The van der Waals surface area contributed by atoms with Crippen molar-refractivity contribution in [3.05, 3.63) is 28.3 Å². The van der Waals surface area contributed by atoms with E-state index >= 15 is 0 Å². The summed E-state index contributed by atoms with van der Waals surface area (Å²) in [6.45, 7) is 0.974. The highest BCUT2D eigenvalue weighted by atomic mass is 16.6. The number of methoxy groups -OCH3 is 1. The topological polar surface area (TPSA) is 76.4 Å². The molecular formula is C15H21N3O3. The number of nitrogens with one attached hydrogen (secondary N) is 2. The summed E-state index contributed by atoms with van der Waals surface area (Å²) in [5.41, 5.74) is 0.940. The van der Waals surface area contributed by atoms with Crippen molar-refractivity contribution in [2.45, 2.75) is 43.7 Å². The van der Waals surface area contributed by atoms with E-state index in [4.69, 9.17) is 4.74 Å². The Labute approximate surface area is 124 Å². The zero-order valence-electron chi connectivity index (χ0n) is 12.2. The summed E-state index contributed by atoms with van der Waals surface area (Å²) in [7, 11) is 1.51. The van der Waals surface area contributed by atoms with Gasteiger partial charge in [0, 0.05) is 11.6 Å². The second kappa shape index (κ2) is 5.52. The lowest BCUT2D eigenvalue weighted by Crippen LogP contribution is -2.58. The molecule has 6 nitrogen and oxygen atoms in total. The van der Waals surface area contributed by atoms with Crippen LogP contribution in [0.15, 0.2) is 18.2 Å². The van der Waals surface area contributed by atoms with Gasteiger partial charge in [-0.2, -0.15) is 0 Å². The molecule has 0 aromatic heterocycles. The third-order valence-corrected chi connectivity index (χ3v) is 4.70. The molecule has 0 radical (unpaired) electrons. The molecule has 1 saturated carbocycles. The van der Waals surface area contributed by atoms with Crippen LogP contribution in [-0.4, -0.2) is 30.2 Å². The molecule has 0 bridgehead atoms. The van der Waals surface area contributed by atoms with Crippen LogP contribution in [0, 0.1) is 10.1 Å². The molecule has 1 atom stereocenters. The van der Waals surface area contributed by atoms with Gasteiger partial charge in [-0.1, -0.05) is 0 Å². The van der Waals surface area contributed by atoms with E-state index in [-0.39, 0.29) is 16.1 Å². The number of benzene rings is 1. The SMILES string of the molecule is COc1ccc(NC2CCNC3(CCC3)C2)c([N+](=O)[O-])c1. The fourth-order valence-corrected chi connectivity index (χ4v) is 3.40. The molecule has 1 spiro atoms. The molecule has 1 aliphatic carbocycles. The van der Waals surface area contributed by atoms with E-state index in [1.54, 1.807) is 12.1 Å². The number of nitro groups is 1. The molecule has 6 heteroatoms. The molecule has 21 heavy (non-hydrogen) atoms. The van der Waals surface area contributed by atoms with Gasteiger partial charge in [-0.25, -0.2) is 0 Å². The Morgan fingerprint density at radius 3 is 2.90 bits per heavy atom. The van der Waals surface area contributed by atoms with Gasteiger partial charge in [0.2, 0.25) is 0 Å². The molecule has 1 aromatic rings. The molecule has 2 fully saturated rings. The number of anilines is 1. The van der Waals surface area contributed by atoms with Crippen molar-refractivity contribution in [2.24, 2.45) is 0 Å². The molecule has 3 rings (SSSR count). The normalized spacial score (nSPS) is 23.4. The van der Waals surface area contributed by atoms with Crippen LogP contribution in [-0.2, 0) is 0 Å². The Balaban J connectivity index is 1.76. The largest absolute Gasteiger partial charge is 0.496 e. The average molecular weight is 291 g/mol. The minimum absolute atomic E-state index is 0.0792. The number of nitro benzene ring substituents is 1. The zero-order chi connectivity index (χ0) is 14.9. The van der Waals surface area contributed by atoms with Gasteiger partial charge in [-0.15, -0.1) is 0 Å². The predicted molar refractivity (Wildman–Crippen MR) is 80.9 cm³/mol. The first-order valence-corrected chi connectivity index (χ1v) is 7.46. The zero-order valence-corrected chi connectivity index (χ0v) is 12.2. The van der Waals surface area contributed by atoms with E-state index in [0.717, 1.165) is 19.4 Å². The maximum atomic E-state index is 11.2. The summed E-state index contributed by atoms with van der Waals surface area (Å²) in [5, 5.41) is 18.2. The number of hydrogen-bond acceptors (Lipinski definition) is 5. The summed E-state index contributed by atoms with van der Waals surface area (Å²) >= 11 is 0. The van der Waals surface area contributed by atoms with Crippen LogP contribution in [0.3, 0.4) is 0 Å². The van der Waals surface area contributed by atoms with E-state index in [9.17, 15) is 10.1 Å². The second-order valence-electron chi connectivity index (χ2n) is 6.03. The van der Waals surface area contributed by atoms with Crippen molar-refractivity contribution in [3.8, 4) is 5.75 Å². The van der Waals surface area contributed by atoms with Crippen LogP contribution >= 0.6 is 0 Å². The van der Waals surface area contributed by atoms with Crippen molar-refractivity contribution in [2.75, 3.05) is 19.0 Å². The van der Waals surface area contributed by atoms with Crippen LogP contribution in [0.2, 0.25) is 0 Å². The van der Waals surface area contributed by atoms with Crippen molar-refractivity contribution in [3.63, 3.8) is 0 Å². The van der Waals surface area contributed by atoms with Crippen LogP contribution in [0.25, 0.3) is 0 Å².